The van der Waals surface area contributed by atoms with Gasteiger partial charge in [0.15, 0.2) is 0 Å². The molecule has 0 bridgehead atoms. The number of carboxylic acids is 1. The van der Waals surface area contributed by atoms with E-state index in [1.165, 1.54) is 25.7 Å². The first-order chi connectivity index (χ1) is 13.7. The highest BCUT2D eigenvalue weighted by Gasteiger charge is 2.02. The molecule has 0 saturated carbocycles. The predicted octanol–water partition coefficient (Wildman–Crippen LogP) is 1.24. The first-order valence-electron chi connectivity index (χ1n) is 10.0. The Morgan fingerprint density at radius 2 is 1.21 bits per heavy atom. The largest absolute Gasteiger partial charge is 0.480 e. The van der Waals surface area contributed by atoms with Gasteiger partial charge in [-0.05, 0) is 6.42 Å². The molecule has 0 spiro atoms. The van der Waals surface area contributed by atoms with Crippen LogP contribution >= 0.6 is 0 Å². The van der Waals surface area contributed by atoms with Crippen LogP contribution in [0.1, 0.15) is 39.0 Å². The highest BCUT2D eigenvalue weighted by Crippen LogP contribution is 2.02. The lowest BCUT2D eigenvalue weighted by Gasteiger charge is -2.08. The summed E-state index contributed by atoms with van der Waals surface area (Å²) in [5.74, 6) is -1.48. The average molecular weight is 408 g/mol. The fraction of sp³-hybridized carbons (Fsp3) is 0.895. The second kappa shape index (κ2) is 22.0. The zero-order valence-electron chi connectivity index (χ0n) is 17.1. The second-order valence-electron chi connectivity index (χ2n) is 6.10. The van der Waals surface area contributed by atoms with E-state index in [0.717, 1.165) is 13.0 Å². The van der Waals surface area contributed by atoms with Gasteiger partial charge in [0.1, 0.15) is 13.2 Å². The number of carboxylic acid groups (broad SMARTS) is 1. The number of hydrogen-bond acceptors (Lipinski definition) is 7. The molecule has 0 aliphatic rings. The van der Waals surface area contributed by atoms with E-state index >= 15 is 0 Å². The Kier molecular flexibility index (Phi) is 21.0. The van der Waals surface area contributed by atoms with Crippen LogP contribution < -0.4 is 5.32 Å². The molecular weight excluding hydrogens is 370 g/mol. The number of carbonyl (C=O) groups is 2. The molecule has 0 unspecified atom stereocenters. The van der Waals surface area contributed by atoms with E-state index in [0.29, 0.717) is 52.8 Å². The van der Waals surface area contributed by atoms with Crippen LogP contribution in [-0.2, 0) is 33.3 Å². The maximum absolute atomic E-state index is 11.3. The van der Waals surface area contributed by atoms with Crippen LogP contribution in [0.15, 0.2) is 0 Å². The Morgan fingerprint density at radius 1 is 0.679 bits per heavy atom. The molecule has 0 aromatic carbocycles. The van der Waals surface area contributed by atoms with E-state index in [2.05, 4.69) is 17.0 Å². The van der Waals surface area contributed by atoms with Crippen LogP contribution in [0, 0.1) is 0 Å². The number of carbonyl (C=O) groups excluding carboxylic acids is 1. The molecule has 0 aromatic rings. The second-order valence-corrected chi connectivity index (χ2v) is 6.10. The van der Waals surface area contributed by atoms with Crippen LogP contribution in [0.5, 0.6) is 0 Å². The molecular formula is C19H37NO8. The van der Waals surface area contributed by atoms with Crippen molar-refractivity contribution >= 4 is 11.9 Å². The molecule has 2 N–H and O–H groups in total. The summed E-state index contributed by atoms with van der Waals surface area (Å²) in [4.78, 5) is 21.5. The molecule has 0 aliphatic heterocycles. The molecule has 28 heavy (non-hydrogen) atoms. The van der Waals surface area contributed by atoms with Crippen LogP contribution in [-0.4, -0.2) is 89.6 Å². The van der Waals surface area contributed by atoms with E-state index in [1.807, 2.05) is 0 Å². The van der Waals surface area contributed by atoms with Crippen molar-refractivity contribution in [3.8, 4) is 0 Å². The van der Waals surface area contributed by atoms with Crippen molar-refractivity contribution in [2.24, 2.45) is 0 Å². The molecule has 9 nitrogen and oxygen atoms in total. The van der Waals surface area contributed by atoms with Gasteiger partial charge in [-0.15, -0.1) is 0 Å². The van der Waals surface area contributed by atoms with Gasteiger partial charge < -0.3 is 34.1 Å². The van der Waals surface area contributed by atoms with Gasteiger partial charge in [0, 0.05) is 13.2 Å². The van der Waals surface area contributed by atoms with E-state index in [1.54, 1.807) is 0 Å². The number of aliphatic carboxylic acids is 1. The molecule has 1 amide bonds. The maximum Gasteiger partial charge on any atom is 0.329 e. The summed E-state index contributed by atoms with van der Waals surface area (Å²) < 4.78 is 26.2. The Balaban J connectivity index is 3.10. The zero-order valence-corrected chi connectivity index (χ0v) is 17.1. The van der Waals surface area contributed by atoms with Gasteiger partial charge in [-0.3, -0.25) is 4.79 Å². The molecule has 0 aliphatic carbocycles. The number of hydrogen-bond donors (Lipinski definition) is 2. The Bertz CT molecular complexity index is 368. The van der Waals surface area contributed by atoms with Gasteiger partial charge in [-0.25, -0.2) is 4.79 Å². The number of unbranched alkanes of at least 4 members (excludes halogenated alkanes) is 4. The van der Waals surface area contributed by atoms with E-state index in [9.17, 15) is 9.59 Å². The topological polar surface area (TPSA) is 113 Å². The van der Waals surface area contributed by atoms with Gasteiger partial charge in [-0.2, -0.15) is 0 Å². The van der Waals surface area contributed by atoms with Crippen molar-refractivity contribution < 1.29 is 38.4 Å². The highest BCUT2D eigenvalue weighted by molar-refractivity contribution is 5.77. The van der Waals surface area contributed by atoms with Crippen molar-refractivity contribution in [3.05, 3.63) is 0 Å². The fourth-order valence-corrected chi connectivity index (χ4v) is 2.11. The van der Waals surface area contributed by atoms with Gasteiger partial charge in [-0.1, -0.05) is 32.6 Å². The van der Waals surface area contributed by atoms with E-state index in [-0.39, 0.29) is 12.5 Å². The summed E-state index contributed by atoms with van der Waals surface area (Å²) in [6, 6.07) is 0. The van der Waals surface area contributed by atoms with Gasteiger partial charge in [0.25, 0.3) is 0 Å². The number of amides is 1. The van der Waals surface area contributed by atoms with Gasteiger partial charge >= 0.3 is 5.97 Å². The van der Waals surface area contributed by atoms with Crippen LogP contribution in [0.3, 0.4) is 0 Å². The minimum Gasteiger partial charge on any atom is -0.480 e. The van der Waals surface area contributed by atoms with Crippen LogP contribution in [0.25, 0.3) is 0 Å². The summed E-state index contributed by atoms with van der Waals surface area (Å²) in [6.45, 7) is 6.00. The molecule has 0 fully saturated rings. The minimum absolute atomic E-state index is 0.278. The molecule has 166 valence electrons. The molecule has 0 aromatic heterocycles. The summed E-state index contributed by atoms with van der Waals surface area (Å²) in [5.41, 5.74) is 0. The maximum atomic E-state index is 11.3. The first-order valence-corrected chi connectivity index (χ1v) is 10.0. The standard InChI is InChI=1S/C19H37NO8/c1-2-3-4-5-6-8-24-10-12-26-14-15-27-13-11-25-9-7-20-18(21)16-28-17-19(22)23/h2-17H2,1H3,(H,20,21)(H,22,23). The monoisotopic (exact) mass is 407 g/mol. The Morgan fingerprint density at radius 3 is 1.79 bits per heavy atom. The molecule has 0 heterocycles. The molecule has 9 heteroatoms. The quantitative estimate of drug-likeness (QED) is 0.258. The van der Waals surface area contributed by atoms with Crippen molar-refractivity contribution in [2.45, 2.75) is 39.0 Å². The van der Waals surface area contributed by atoms with Crippen molar-refractivity contribution in [1.29, 1.82) is 0 Å². The number of nitrogens with one attached hydrogen (secondary N) is 1. The van der Waals surface area contributed by atoms with E-state index in [4.69, 9.17) is 24.1 Å². The summed E-state index contributed by atoms with van der Waals surface area (Å²) >= 11 is 0. The average Bonchev–Trinajstić information content (AvgIpc) is 2.66. The summed E-state index contributed by atoms with van der Waals surface area (Å²) in [7, 11) is 0. The summed E-state index contributed by atoms with van der Waals surface area (Å²) in [5, 5.41) is 10.9. The molecule has 0 rings (SSSR count). The number of ether oxygens (including phenoxy) is 5. The van der Waals surface area contributed by atoms with Gasteiger partial charge in [0.2, 0.25) is 5.91 Å². The third-order valence-electron chi connectivity index (χ3n) is 3.54. The van der Waals surface area contributed by atoms with Crippen molar-refractivity contribution in [3.63, 3.8) is 0 Å². The van der Waals surface area contributed by atoms with E-state index < -0.39 is 12.6 Å². The lowest BCUT2D eigenvalue weighted by atomic mass is 10.2. The first kappa shape index (κ1) is 26.7. The van der Waals surface area contributed by atoms with Crippen LogP contribution in [0.4, 0.5) is 0 Å². The minimum atomic E-state index is -1.11. The highest BCUT2D eigenvalue weighted by atomic mass is 16.6. The normalized spacial score (nSPS) is 10.9. The molecule has 0 saturated heterocycles. The zero-order chi connectivity index (χ0) is 20.7. The molecule has 0 radical (unpaired) electrons. The summed E-state index contributed by atoms with van der Waals surface area (Å²) in [6.07, 6.45) is 6.20. The number of rotatable bonds is 22. The smallest absolute Gasteiger partial charge is 0.329 e. The Hall–Kier alpha value is -1.26. The molecule has 0 atom stereocenters. The SMILES string of the molecule is CCCCCCCOCCOCCOCCOCCNC(=O)COCC(=O)O. The predicted molar refractivity (Wildman–Crippen MR) is 103 cm³/mol. The fourth-order valence-electron chi connectivity index (χ4n) is 2.11. The van der Waals surface area contributed by atoms with Crippen molar-refractivity contribution in [1.82, 2.24) is 5.32 Å². The third-order valence-corrected chi connectivity index (χ3v) is 3.54. The van der Waals surface area contributed by atoms with Crippen LogP contribution in [0.2, 0.25) is 0 Å². The lowest BCUT2D eigenvalue weighted by molar-refractivity contribution is -0.143. The third kappa shape index (κ3) is 22.8. The lowest BCUT2D eigenvalue weighted by Crippen LogP contribution is -2.31. The Labute approximate surface area is 168 Å². The van der Waals surface area contributed by atoms with Gasteiger partial charge in [0.05, 0.1) is 46.2 Å². The van der Waals surface area contributed by atoms with Crippen molar-refractivity contribution in [2.75, 3.05) is 72.6 Å².